The summed E-state index contributed by atoms with van der Waals surface area (Å²) in [6.07, 6.45) is 8.00. The molecule has 0 aromatic carbocycles. The van der Waals surface area contributed by atoms with Crippen LogP contribution in [0.15, 0.2) is 30.5 Å². The highest BCUT2D eigenvalue weighted by atomic mass is 16.2. The maximum atomic E-state index is 12.9. The molecule has 1 atom stereocenters. The van der Waals surface area contributed by atoms with Crippen LogP contribution in [-0.2, 0) is 10.2 Å². The lowest BCUT2D eigenvalue weighted by Crippen LogP contribution is -2.44. The number of aromatic amines is 1. The van der Waals surface area contributed by atoms with Gasteiger partial charge in [-0.1, -0.05) is 0 Å². The van der Waals surface area contributed by atoms with Crippen LogP contribution in [0.1, 0.15) is 50.0 Å². The predicted octanol–water partition coefficient (Wildman–Crippen LogP) is 2.67. The maximum absolute atomic E-state index is 12.9. The molecule has 0 bridgehead atoms. The fourth-order valence-corrected chi connectivity index (χ4v) is 5.16. The summed E-state index contributed by atoms with van der Waals surface area (Å²) >= 11 is 0. The zero-order chi connectivity index (χ0) is 20.8. The highest BCUT2D eigenvalue weighted by Crippen LogP contribution is 2.51. The lowest BCUT2D eigenvalue weighted by Gasteiger charge is -2.34. The van der Waals surface area contributed by atoms with E-state index in [1.54, 1.807) is 6.20 Å². The Hall–Kier alpha value is -3.03. The number of amides is 1. The van der Waals surface area contributed by atoms with Crippen molar-refractivity contribution in [2.75, 3.05) is 31.1 Å². The van der Waals surface area contributed by atoms with Crippen molar-refractivity contribution >= 4 is 22.9 Å². The average molecular weight is 418 g/mol. The van der Waals surface area contributed by atoms with Gasteiger partial charge in [0, 0.05) is 32.4 Å². The number of imidazole rings is 1. The first-order valence-electron chi connectivity index (χ1n) is 11.4. The Kier molecular flexibility index (Phi) is 4.40. The molecule has 160 valence electrons. The van der Waals surface area contributed by atoms with Crippen molar-refractivity contribution in [3.63, 3.8) is 0 Å². The topological polar surface area (TPSA) is 90.9 Å². The first kappa shape index (κ1) is 18.7. The molecule has 3 aromatic heterocycles. The zero-order valence-electron chi connectivity index (χ0n) is 17.6. The van der Waals surface area contributed by atoms with Crippen molar-refractivity contribution < 1.29 is 4.79 Å². The number of hydrogen-bond donors (Lipinski definition) is 1. The molecule has 3 fully saturated rings. The summed E-state index contributed by atoms with van der Waals surface area (Å²) < 4.78 is 0. The minimum absolute atomic E-state index is 0.0745. The number of pyridine rings is 1. The number of anilines is 1. The van der Waals surface area contributed by atoms with Gasteiger partial charge >= 0.3 is 0 Å². The standard InChI is InChI=1S/C23H27N7O/c31-21(29-12-1-2-13-29)16-5-4-14-30(15-16)19-8-7-17-20(26-19)27-22(25-17)23(9-10-23)18-6-3-11-24-28-18/h3,6-8,11,16H,1-2,4-5,9-10,12-15H2,(H,25,26,27). The van der Waals surface area contributed by atoms with E-state index in [0.717, 1.165) is 93.2 Å². The van der Waals surface area contributed by atoms with E-state index < -0.39 is 0 Å². The Morgan fingerprint density at radius 2 is 1.94 bits per heavy atom. The second-order valence-electron chi connectivity index (χ2n) is 9.13. The first-order valence-corrected chi connectivity index (χ1v) is 11.4. The van der Waals surface area contributed by atoms with E-state index in [1.807, 2.05) is 17.0 Å². The van der Waals surface area contributed by atoms with Gasteiger partial charge in [-0.3, -0.25) is 4.79 Å². The van der Waals surface area contributed by atoms with Crippen LogP contribution in [-0.4, -0.2) is 62.1 Å². The van der Waals surface area contributed by atoms with Crippen molar-refractivity contribution in [2.24, 2.45) is 5.92 Å². The molecule has 2 aliphatic heterocycles. The van der Waals surface area contributed by atoms with Gasteiger partial charge in [-0.05, 0) is 62.8 Å². The van der Waals surface area contributed by atoms with Crippen molar-refractivity contribution in [3.8, 4) is 0 Å². The van der Waals surface area contributed by atoms with Gasteiger partial charge in [0.25, 0.3) is 0 Å². The number of aromatic nitrogens is 5. The fourth-order valence-electron chi connectivity index (χ4n) is 5.16. The van der Waals surface area contributed by atoms with E-state index >= 15 is 0 Å². The first-order chi connectivity index (χ1) is 15.2. The third-order valence-electron chi connectivity index (χ3n) is 7.11. The molecule has 0 spiro atoms. The molecule has 31 heavy (non-hydrogen) atoms. The Labute approximate surface area is 181 Å². The van der Waals surface area contributed by atoms with Crippen LogP contribution in [0.4, 0.5) is 5.82 Å². The number of rotatable bonds is 4. The van der Waals surface area contributed by atoms with E-state index in [4.69, 9.17) is 9.97 Å². The van der Waals surface area contributed by atoms with Crippen molar-refractivity contribution in [1.29, 1.82) is 0 Å². The fraction of sp³-hybridized carbons (Fsp3) is 0.522. The number of fused-ring (bicyclic) bond motifs is 1. The summed E-state index contributed by atoms with van der Waals surface area (Å²) in [5.74, 6) is 2.23. The highest BCUT2D eigenvalue weighted by molar-refractivity contribution is 5.80. The van der Waals surface area contributed by atoms with E-state index in [-0.39, 0.29) is 11.3 Å². The molecule has 8 heteroatoms. The number of piperidine rings is 1. The smallest absolute Gasteiger partial charge is 0.227 e. The molecule has 1 unspecified atom stereocenters. The number of carbonyl (C=O) groups excluding carboxylic acids is 1. The normalized spacial score (nSPS) is 22.8. The second kappa shape index (κ2) is 7.28. The number of hydrogen-bond acceptors (Lipinski definition) is 6. The SMILES string of the molecule is O=C(C1CCCN(c2ccc3[nH]c(C4(c5cccnn5)CC4)nc3n2)C1)N1CCCC1. The van der Waals surface area contributed by atoms with Gasteiger partial charge in [-0.15, -0.1) is 0 Å². The van der Waals surface area contributed by atoms with Crippen LogP contribution < -0.4 is 4.90 Å². The third-order valence-corrected chi connectivity index (χ3v) is 7.11. The highest BCUT2D eigenvalue weighted by Gasteiger charge is 2.50. The summed E-state index contributed by atoms with van der Waals surface area (Å²) in [6.45, 7) is 3.52. The maximum Gasteiger partial charge on any atom is 0.227 e. The summed E-state index contributed by atoms with van der Waals surface area (Å²) in [6, 6.07) is 8.07. The van der Waals surface area contributed by atoms with Crippen LogP contribution in [0, 0.1) is 5.92 Å². The molecule has 1 aliphatic carbocycles. The Morgan fingerprint density at radius 1 is 1.06 bits per heavy atom. The van der Waals surface area contributed by atoms with E-state index in [0.29, 0.717) is 5.91 Å². The van der Waals surface area contributed by atoms with Crippen LogP contribution in [0.2, 0.25) is 0 Å². The quantitative estimate of drug-likeness (QED) is 0.702. The van der Waals surface area contributed by atoms with Crippen molar-refractivity contribution in [3.05, 3.63) is 42.0 Å². The van der Waals surface area contributed by atoms with Crippen molar-refractivity contribution in [2.45, 2.75) is 43.9 Å². The van der Waals surface area contributed by atoms with Gasteiger partial charge in [-0.2, -0.15) is 10.2 Å². The molecule has 6 rings (SSSR count). The minimum atomic E-state index is -0.159. The molecule has 2 saturated heterocycles. The lowest BCUT2D eigenvalue weighted by molar-refractivity contribution is -0.134. The monoisotopic (exact) mass is 417 g/mol. The Morgan fingerprint density at radius 3 is 2.71 bits per heavy atom. The van der Waals surface area contributed by atoms with Crippen LogP contribution >= 0.6 is 0 Å². The number of likely N-dealkylation sites (tertiary alicyclic amines) is 1. The Bertz CT molecular complexity index is 1100. The average Bonchev–Trinajstić information content (AvgIpc) is 3.24. The molecule has 0 radical (unpaired) electrons. The van der Waals surface area contributed by atoms with E-state index in [1.165, 1.54) is 0 Å². The van der Waals surface area contributed by atoms with Gasteiger partial charge in [0.2, 0.25) is 5.91 Å². The van der Waals surface area contributed by atoms with Crippen LogP contribution in [0.3, 0.4) is 0 Å². The molecule has 3 aliphatic rings. The zero-order valence-corrected chi connectivity index (χ0v) is 17.6. The van der Waals surface area contributed by atoms with Crippen molar-refractivity contribution in [1.82, 2.24) is 30.0 Å². The molecule has 8 nitrogen and oxygen atoms in total. The number of carbonyl (C=O) groups is 1. The van der Waals surface area contributed by atoms with Gasteiger partial charge < -0.3 is 14.8 Å². The van der Waals surface area contributed by atoms with Crippen LogP contribution in [0.25, 0.3) is 11.2 Å². The van der Waals surface area contributed by atoms with Gasteiger partial charge in [0.05, 0.1) is 22.5 Å². The summed E-state index contributed by atoms with van der Waals surface area (Å²) in [5, 5.41) is 8.38. The third kappa shape index (κ3) is 3.25. The van der Waals surface area contributed by atoms with Gasteiger partial charge in [-0.25, -0.2) is 9.97 Å². The predicted molar refractivity (Wildman–Crippen MR) is 117 cm³/mol. The largest absolute Gasteiger partial charge is 0.356 e. The molecule has 1 amide bonds. The van der Waals surface area contributed by atoms with Gasteiger partial charge in [0.15, 0.2) is 5.65 Å². The molecular weight excluding hydrogens is 390 g/mol. The van der Waals surface area contributed by atoms with Gasteiger partial charge in [0.1, 0.15) is 11.6 Å². The molecule has 5 heterocycles. The van der Waals surface area contributed by atoms with Crippen LogP contribution in [0.5, 0.6) is 0 Å². The summed E-state index contributed by atoms with van der Waals surface area (Å²) in [5.41, 5.74) is 2.48. The summed E-state index contributed by atoms with van der Waals surface area (Å²) in [7, 11) is 0. The molecule has 1 N–H and O–H groups in total. The minimum Gasteiger partial charge on any atom is -0.356 e. The number of H-pyrrole nitrogens is 1. The number of nitrogens with zero attached hydrogens (tertiary/aromatic N) is 6. The molecule has 1 saturated carbocycles. The summed E-state index contributed by atoms with van der Waals surface area (Å²) in [4.78, 5) is 30.4. The lowest BCUT2D eigenvalue weighted by atomic mass is 9.96. The van der Waals surface area contributed by atoms with E-state index in [2.05, 4.69) is 32.2 Å². The Balaban J connectivity index is 1.25. The number of nitrogens with one attached hydrogen (secondary N) is 1. The molecular formula is C23H27N7O. The van der Waals surface area contributed by atoms with E-state index in [9.17, 15) is 4.79 Å². The molecule has 3 aromatic rings. The second-order valence-corrected chi connectivity index (χ2v) is 9.13.